The van der Waals surface area contributed by atoms with Crippen LogP contribution in [-0.2, 0) is 24.1 Å². The largest absolute Gasteiger partial charge is 0.496 e. The average Bonchev–Trinajstić information content (AvgIpc) is 2.74. The zero-order valence-corrected chi connectivity index (χ0v) is 16.2. The molecule has 0 bridgehead atoms. The van der Waals surface area contributed by atoms with E-state index in [0.717, 1.165) is 0 Å². The van der Waals surface area contributed by atoms with Crippen LogP contribution in [0, 0.1) is 0 Å². The van der Waals surface area contributed by atoms with E-state index in [4.69, 9.17) is 9.31 Å². The summed E-state index contributed by atoms with van der Waals surface area (Å²) >= 11 is 0. The fourth-order valence-electron chi connectivity index (χ4n) is 2.44. The summed E-state index contributed by atoms with van der Waals surface area (Å²) in [6.07, 6.45) is 0. The number of esters is 1. The zero-order valence-electron chi connectivity index (χ0n) is 15.4. The fraction of sp³-hybridized carbons (Fsp3) is 0.562. The molecule has 1 N–H and O–H groups in total. The molecule has 0 saturated carbocycles. The normalized spacial score (nSPS) is 19.0. The van der Waals surface area contributed by atoms with Crippen LogP contribution in [0.2, 0.25) is 0 Å². The number of ether oxygens (including phenoxy) is 1. The Morgan fingerprint density at radius 3 is 2.24 bits per heavy atom. The van der Waals surface area contributed by atoms with Gasteiger partial charge < -0.3 is 14.0 Å². The third-order valence-electron chi connectivity index (χ3n) is 4.57. The number of nitrogens with one attached hydrogen (secondary N) is 1. The molecule has 25 heavy (non-hydrogen) atoms. The van der Waals surface area contributed by atoms with Gasteiger partial charge in [0.1, 0.15) is 0 Å². The Hall–Kier alpha value is -1.42. The smallest absolute Gasteiger partial charge is 0.465 e. The molecule has 1 aromatic rings. The maximum absolute atomic E-state index is 12.6. The highest BCUT2D eigenvalue weighted by Crippen LogP contribution is 2.37. The van der Waals surface area contributed by atoms with Gasteiger partial charge in [0.05, 0.1) is 28.8 Å². The molecular weight excluding hydrogens is 345 g/mol. The molecule has 0 atom stereocenters. The van der Waals surface area contributed by atoms with Crippen molar-refractivity contribution in [1.82, 2.24) is 4.72 Å². The fourth-order valence-corrected chi connectivity index (χ4v) is 3.74. The highest BCUT2D eigenvalue weighted by Gasteiger charge is 2.52. The highest BCUT2D eigenvalue weighted by atomic mass is 32.2. The third kappa shape index (κ3) is 3.74. The molecule has 1 aliphatic rings. The molecule has 1 heterocycles. The molecule has 9 heteroatoms. The molecule has 7 nitrogen and oxygen atoms in total. The van der Waals surface area contributed by atoms with Gasteiger partial charge in [-0.1, -0.05) is 13.0 Å². The standard InChI is InChI=1S/C16H24BNO6S/c1-7-18-25(20,21)13-10-11(14(19)22-6)8-9-12(13)17-23-15(2,3)16(4,5)24-17/h8-10,18H,7H2,1-6H3. The van der Waals surface area contributed by atoms with E-state index in [9.17, 15) is 13.2 Å². The predicted octanol–water partition coefficient (Wildman–Crippen LogP) is 1.07. The molecule has 0 radical (unpaired) electrons. The summed E-state index contributed by atoms with van der Waals surface area (Å²) in [7, 11) is -3.46. The number of benzene rings is 1. The van der Waals surface area contributed by atoms with Gasteiger partial charge in [0.2, 0.25) is 10.0 Å². The van der Waals surface area contributed by atoms with Crippen molar-refractivity contribution in [2.45, 2.75) is 50.7 Å². The van der Waals surface area contributed by atoms with E-state index in [1.165, 1.54) is 25.3 Å². The van der Waals surface area contributed by atoms with Gasteiger partial charge in [-0.15, -0.1) is 0 Å². The lowest BCUT2D eigenvalue weighted by Crippen LogP contribution is -2.41. The van der Waals surface area contributed by atoms with Crippen molar-refractivity contribution in [1.29, 1.82) is 0 Å². The molecule has 0 aromatic heterocycles. The Bertz CT molecular complexity index is 759. The summed E-state index contributed by atoms with van der Waals surface area (Å²) in [5.41, 5.74) is -0.748. The number of carbonyl (C=O) groups is 1. The lowest BCUT2D eigenvalue weighted by Gasteiger charge is -2.32. The van der Waals surface area contributed by atoms with Crippen molar-refractivity contribution >= 4 is 28.6 Å². The first-order valence-corrected chi connectivity index (χ1v) is 9.51. The quantitative estimate of drug-likeness (QED) is 0.617. The summed E-state index contributed by atoms with van der Waals surface area (Å²) in [4.78, 5) is 11.7. The van der Waals surface area contributed by atoms with Gasteiger partial charge in [-0.3, -0.25) is 0 Å². The number of rotatable bonds is 5. The van der Waals surface area contributed by atoms with Gasteiger partial charge in [-0.2, -0.15) is 0 Å². The number of carbonyl (C=O) groups excluding carboxylic acids is 1. The van der Waals surface area contributed by atoms with Crippen molar-refractivity contribution in [2.75, 3.05) is 13.7 Å². The molecule has 0 spiro atoms. The van der Waals surface area contributed by atoms with Crippen LogP contribution in [0.3, 0.4) is 0 Å². The molecule has 2 rings (SSSR count). The molecule has 0 unspecified atom stereocenters. The second kappa shape index (κ2) is 6.72. The maximum Gasteiger partial charge on any atom is 0.496 e. The van der Waals surface area contributed by atoms with E-state index >= 15 is 0 Å². The van der Waals surface area contributed by atoms with E-state index in [-0.39, 0.29) is 17.0 Å². The van der Waals surface area contributed by atoms with E-state index in [2.05, 4.69) is 9.46 Å². The van der Waals surface area contributed by atoms with Crippen molar-refractivity contribution < 1.29 is 27.3 Å². The summed E-state index contributed by atoms with van der Waals surface area (Å²) in [5, 5.41) is 0. The number of methoxy groups -OCH3 is 1. The summed E-state index contributed by atoms with van der Waals surface area (Å²) in [6, 6.07) is 4.31. The lowest BCUT2D eigenvalue weighted by atomic mass is 9.78. The minimum atomic E-state index is -3.83. The van der Waals surface area contributed by atoms with Gasteiger partial charge in [0, 0.05) is 12.0 Å². The van der Waals surface area contributed by atoms with E-state index in [1.807, 2.05) is 27.7 Å². The molecule has 1 fully saturated rings. The molecule has 0 amide bonds. The SMILES string of the molecule is CCNS(=O)(=O)c1cc(C(=O)OC)ccc1B1OC(C)(C)C(C)(C)O1. The molecule has 1 aliphatic heterocycles. The first-order chi connectivity index (χ1) is 11.4. The lowest BCUT2D eigenvalue weighted by molar-refractivity contribution is 0.00578. The predicted molar refractivity (Wildman–Crippen MR) is 94.4 cm³/mol. The Balaban J connectivity index is 2.57. The minimum Gasteiger partial charge on any atom is -0.465 e. The molecule has 138 valence electrons. The molecule has 1 saturated heterocycles. The highest BCUT2D eigenvalue weighted by molar-refractivity contribution is 7.89. The van der Waals surface area contributed by atoms with E-state index < -0.39 is 34.3 Å². The zero-order chi connectivity index (χ0) is 19.0. The van der Waals surface area contributed by atoms with Gasteiger partial charge in [-0.25, -0.2) is 17.9 Å². The van der Waals surface area contributed by atoms with Crippen molar-refractivity contribution in [3.63, 3.8) is 0 Å². The van der Waals surface area contributed by atoms with E-state index in [0.29, 0.717) is 5.46 Å². The van der Waals surface area contributed by atoms with Crippen molar-refractivity contribution in [3.8, 4) is 0 Å². The van der Waals surface area contributed by atoms with Gasteiger partial charge >= 0.3 is 13.1 Å². The first kappa shape index (κ1) is 19.9. The topological polar surface area (TPSA) is 90.9 Å². The molecule has 0 aliphatic carbocycles. The summed E-state index contributed by atoms with van der Waals surface area (Å²) < 4.78 is 44.3. The molecular formula is C16H24BNO6S. The van der Waals surface area contributed by atoms with Gasteiger partial charge in [-0.05, 0) is 39.8 Å². The van der Waals surface area contributed by atoms with Gasteiger partial charge in [0.25, 0.3) is 0 Å². The second-order valence-corrected chi connectivity index (χ2v) is 8.57. The third-order valence-corrected chi connectivity index (χ3v) is 6.17. The van der Waals surface area contributed by atoms with Crippen molar-refractivity contribution in [3.05, 3.63) is 23.8 Å². The number of hydrogen-bond donors (Lipinski definition) is 1. The summed E-state index contributed by atoms with van der Waals surface area (Å²) in [6.45, 7) is 9.43. The van der Waals surface area contributed by atoms with Crippen molar-refractivity contribution in [2.24, 2.45) is 0 Å². The van der Waals surface area contributed by atoms with Crippen LogP contribution in [0.4, 0.5) is 0 Å². The Morgan fingerprint density at radius 2 is 1.76 bits per heavy atom. The second-order valence-electron chi connectivity index (χ2n) is 6.83. The van der Waals surface area contributed by atoms with Crippen LogP contribution in [0.15, 0.2) is 23.1 Å². The number of hydrogen-bond acceptors (Lipinski definition) is 6. The van der Waals surface area contributed by atoms with Crippen LogP contribution in [0.25, 0.3) is 0 Å². The Labute approximate surface area is 149 Å². The summed E-state index contributed by atoms with van der Waals surface area (Å²) in [5.74, 6) is -0.617. The average molecular weight is 369 g/mol. The maximum atomic E-state index is 12.6. The minimum absolute atomic E-state index is 0.0595. The monoisotopic (exact) mass is 369 g/mol. The van der Waals surface area contributed by atoms with Gasteiger partial charge in [0.15, 0.2) is 0 Å². The van der Waals surface area contributed by atoms with Crippen LogP contribution in [0.1, 0.15) is 45.0 Å². The van der Waals surface area contributed by atoms with E-state index in [1.54, 1.807) is 6.92 Å². The molecule has 1 aromatic carbocycles. The Morgan fingerprint density at radius 1 is 1.20 bits per heavy atom. The van der Waals surface area contributed by atoms with Crippen LogP contribution < -0.4 is 10.2 Å². The first-order valence-electron chi connectivity index (χ1n) is 8.03. The van der Waals surface area contributed by atoms with Crippen LogP contribution >= 0.6 is 0 Å². The van der Waals surface area contributed by atoms with Crippen LogP contribution in [-0.4, -0.2) is 46.4 Å². The Kier molecular flexibility index (Phi) is 5.35. The number of sulfonamides is 1. The van der Waals surface area contributed by atoms with Crippen LogP contribution in [0.5, 0.6) is 0 Å².